The third-order valence-electron chi connectivity index (χ3n) is 3.77. The maximum Gasteiger partial charge on any atom is 0.257 e. The number of nitrogens with zero attached hydrogens (tertiary/aromatic N) is 1. The van der Waals surface area contributed by atoms with Gasteiger partial charge < -0.3 is 14.4 Å². The summed E-state index contributed by atoms with van der Waals surface area (Å²) in [7, 11) is 0. The molecule has 1 N–H and O–H groups in total. The molecule has 1 aromatic rings. The van der Waals surface area contributed by atoms with Crippen LogP contribution in [0.2, 0.25) is 0 Å². The number of aryl methyl sites for hydroxylation is 1. The monoisotopic (exact) mass is 253 g/mol. The van der Waals surface area contributed by atoms with E-state index in [9.17, 15) is 14.3 Å². The van der Waals surface area contributed by atoms with E-state index in [2.05, 4.69) is 0 Å². The first kappa shape index (κ1) is 11.7. The molecule has 0 saturated carbocycles. The molecule has 3 rings (SSSR count). The highest BCUT2D eigenvalue weighted by atomic mass is 19.1. The largest absolute Gasteiger partial charge is 0.468 e. The first-order chi connectivity index (χ1) is 8.66. The SMILES string of the molecule is O=C(c1coc2c1C(O)CCC2)N1CC[C@@H](F)C1. The van der Waals surface area contributed by atoms with Crippen LogP contribution in [0.3, 0.4) is 0 Å². The second-order valence-corrected chi connectivity index (χ2v) is 5.03. The molecule has 0 spiro atoms. The van der Waals surface area contributed by atoms with E-state index in [0.717, 1.165) is 12.8 Å². The highest BCUT2D eigenvalue weighted by Crippen LogP contribution is 2.34. The first-order valence-electron chi connectivity index (χ1n) is 6.38. The van der Waals surface area contributed by atoms with Crippen LogP contribution >= 0.6 is 0 Å². The number of hydrogen-bond acceptors (Lipinski definition) is 3. The molecule has 1 amide bonds. The Hall–Kier alpha value is -1.36. The summed E-state index contributed by atoms with van der Waals surface area (Å²) in [6.45, 7) is 0.588. The minimum Gasteiger partial charge on any atom is -0.468 e. The molecular formula is C13H16FNO3. The van der Waals surface area contributed by atoms with E-state index in [0.29, 0.717) is 36.3 Å². The van der Waals surface area contributed by atoms with Gasteiger partial charge in [-0.05, 0) is 19.3 Å². The average molecular weight is 253 g/mol. The lowest BCUT2D eigenvalue weighted by atomic mass is 9.92. The van der Waals surface area contributed by atoms with Crippen molar-refractivity contribution in [2.45, 2.75) is 38.0 Å². The summed E-state index contributed by atoms with van der Waals surface area (Å²) in [4.78, 5) is 13.8. The quantitative estimate of drug-likeness (QED) is 0.830. The summed E-state index contributed by atoms with van der Waals surface area (Å²) < 4.78 is 18.5. The number of halogens is 1. The van der Waals surface area contributed by atoms with Crippen molar-refractivity contribution in [1.29, 1.82) is 0 Å². The van der Waals surface area contributed by atoms with Crippen molar-refractivity contribution in [3.05, 3.63) is 23.2 Å². The number of rotatable bonds is 1. The Bertz CT molecular complexity index is 471. The fraction of sp³-hybridized carbons (Fsp3) is 0.615. The Kier molecular flexibility index (Phi) is 2.86. The van der Waals surface area contributed by atoms with Gasteiger partial charge in [-0.15, -0.1) is 0 Å². The number of carbonyl (C=O) groups is 1. The van der Waals surface area contributed by atoms with E-state index in [-0.39, 0.29) is 12.5 Å². The first-order valence-corrected chi connectivity index (χ1v) is 6.38. The number of aliphatic hydroxyl groups excluding tert-OH is 1. The maximum atomic E-state index is 13.1. The van der Waals surface area contributed by atoms with Crippen molar-refractivity contribution in [1.82, 2.24) is 4.90 Å². The molecule has 0 bridgehead atoms. The number of amides is 1. The summed E-state index contributed by atoms with van der Waals surface area (Å²) in [5.74, 6) is 0.481. The van der Waals surface area contributed by atoms with Gasteiger partial charge in [0.25, 0.3) is 5.91 Å². The molecule has 1 fully saturated rings. The second-order valence-electron chi connectivity index (χ2n) is 5.03. The second kappa shape index (κ2) is 4.39. The molecule has 1 saturated heterocycles. The van der Waals surface area contributed by atoms with Crippen LogP contribution in [-0.2, 0) is 6.42 Å². The fourth-order valence-electron chi connectivity index (χ4n) is 2.80. The van der Waals surface area contributed by atoms with Crippen LogP contribution in [0.5, 0.6) is 0 Å². The van der Waals surface area contributed by atoms with Crippen LogP contribution in [0.25, 0.3) is 0 Å². The number of hydrogen-bond donors (Lipinski definition) is 1. The average Bonchev–Trinajstić information content (AvgIpc) is 2.95. The Labute approximate surface area is 104 Å². The molecule has 5 heteroatoms. The number of carbonyl (C=O) groups excluding carboxylic acids is 1. The molecule has 1 unspecified atom stereocenters. The van der Waals surface area contributed by atoms with Gasteiger partial charge in [0, 0.05) is 18.5 Å². The van der Waals surface area contributed by atoms with Gasteiger partial charge >= 0.3 is 0 Å². The predicted molar refractivity (Wildman–Crippen MR) is 62.0 cm³/mol. The fourth-order valence-corrected chi connectivity index (χ4v) is 2.80. The van der Waals surface area contributed by atoms with Crippen LogP contribution in [0.1, 0.15) is 47.0 Å². The molecule has 0 aromatic carbocycles. The Morgan fingerprint density at radius 3 is 3.06 bits per heavy atom. The van der Waals surface area contributed by atoms with Gasteiger partial charge in [-0.3, -0.25) is 4.79 Å². The van der Waals surface area contributed by atoms with Crippen molar-refractivity contribution in [2.75, 3.05) is 13.1 Å². The molecule has 1 aliphatic heterocycles. The molecule has 2 aliphatic rings. The topological polar surface area (TPSA) is 53.7 Å². The predicted octanol–water partition coefficient (Wildman–Crippen LogP) is 1.83. The lowest BCUT2D eigenvalue weighted by Crippen LogP contribution is -2.30. The van der Waals surface area contributed by atoms with Gasteiger partial charge in [0.1, 0.15) is 18.2 Å². The van der Waals surface area contributed by atoms with Crippen LogP contribution in [0.4, 0.5) is 4.39 Å². The van der Waals surface area contributed by atoms with E-state index in [1.54, 1.807) is 0 Å². The van der Waals surface area contributed by atoms with E-state index in [4.69, 9.17) is 4.42 Å². The number of aliphatic hydroxyl groups is 1. The minimum atomic E-state index is -0.929. The molecule has 4 nitrogen and oxygen atoms in total. The summed E-state index contributed by atoms with van der Waals surface area (Å²) >= 11 is 0. The van der Waals surface area contributed by atoms with Gasteiger partial charge in [-0.2, -0.15) is 0 Å². The third-order valence-corrected chi connectivity index (χ3v) is 3.77. The van der Waals surface area contributed by atoms with Crippen LogP contribution in [0.15, 0.2) is 10.7 Å². The Balaban J connectivity index is 1.88. The van der Waals surface area contributed by atoms with Gasteiger partial charge in [0.2, 0.25) is 0 Å². The molecule has 2 atom stereocenters. The smallest absolute Gasteiger partial charge is 0.257 e. The summed E-state index contributed by atoms with van der Waals surface area (Å²) in [5.41, 5.74) is 1.03. The van der Waals surface area contributed by atoms with Crippen molar-refractivity contribution < 1.29 is 18.7 Å². The van der Waals surface area contributed by atoms with Gasteiger partial charge in [-0.1, -0.05) is 0 Å². The van der Waals surface area contributed by atoms with Crippen molar-refractivity contribution in [3.63, 3.8) is 0 Å². The van der Waals surface area contributed by atoms with Crippen molar-refractivity contribution in [2.24, 2.45) is 0 Å². The lowest BCUT2D eigenvalue weighted by molar-refractivity contribution is 0.0773. The highest BCUT2D eigenvalue weighted by Gasteiger charge is 2.33. The van der Waals surface area contributed by atoms with E-state index in [1.807, 2.05) is 0 Å². The molecule has 98 valence electrons. The Morgan fingerprint density at radius 2 is 2.33 bits per heavy atom. The summed E-state index contributed by atoms with van der Waals surface area (Å²) in [6.07, 6.45) is 2.52. The highest BCUT2D eigenvalue weighted by molar-refractivity contribution is 5.96. The maximum absolute atomic E-state index is 13.1. The zero-order valence-electron chi connectivity index (χ0n) is 10.1. The molecule has 2 heterocycles. The van der Waals surface area contributed by atoms with E-state index in [1.165, 1.54) is 11.2 Å². The Morgan fingerprint density at radius 1 is 1.50 bits per heavy atom. The van der Waals surface area contributed by atoms with Crippen LogP contribution in [-0.4, -0.2) is 35.2 Å². The minimum absolute atomic E-state index is 0.148. The number of furan rings is 1. The van der Waals surface area contributed by atoms with Crippen LogP contribution in [0, 0.1) is 0 Å². The lowest BCUT2D eigenvalue weighted by Gasteiger charge is -2.20. The summed E-state index contributed by atoms with van der Waals surface area (Å²) in [6, 6.07) is 0. The molecular weight excluding hydrogens is 237 g/mol. The van der Waals surface area contributed by atoms with Crippen LogP contribution < -0.4 is 0 Å². The molecule has 0 radical (unpaired) electrons. The van der Waals surface area contributed by atoms with Crippen molar-refractivity contribution >= 4 is 5.91 Å². The standard InChI is InChI=1S/C13H16FNO3/c14-8-4-5-15(6-8)13(17)9-7-18-11-3-1-2-10(16)12(9)11/h7-8,10,16H,1-6H2/t8-,10?/m1/s1. The normalized spacial score (nSPS) is 27.3. The number of alkyl halides is 1. The van der Waals surface area contributed by atoms with Gasteiger partial charge in [-0.25, -0.2) is 4.39 Å². The van der Waals surface area contributed by atoms with Crippen molar-refractivity contribution in [3.8, 4) is 0 Å². The summed E-state index contributed by atoms with van der Waals surface area (Å²) in [5, 5.41) is 9.97. The third kappa shape index (κ3) is 1.82. The zero-order chi connectivity index (χ0) is 12.7. The number of likely N-dealkylation sites (tertiary alicyclic amines) is 1. The van der Waals surface area contributed by atoms with E-state index >= 15 is 0 Å². The van der Waals surface area contributed by atoms with E-state index < -0.39 is 12.3 Å². The molecule has 18 heavy (non-hydrogen) atoms. The van der Waals surface area contributed by atoms with Gasteiger partial charge in [0.15, 0.2) is 0 Å². The van der Waals surface area contributed by atoms with Gasteiger partial charge in [0.05, 0.1) is 18.2 Å². The molecule has 1 aromatic heterocycles. The number of fused-ring (bicyclic) bond motifs is 1. The molecule has 1 aliphatic carbocycles. The zero-order valence-corrected chi connectivity index (χ0v) is 10.1.